The second kappa shape index (κ2) is 11.4. The van der Waals surface area contributed by atoms with E-state index < -0.39 is 0 Å². The van der Waals surface area contributed by atoms with Gasteiger partial charge < -0.3 is 20.3 Å². The first-order valence-corrected chi connectivity index (χ1v) is 12.3. The molecule has 0 radical (unpaired) electrons. The monoisotopic (exact) mass is 463 g/mol. The third kappa shape index (κ3) is 6.48. The van der Waals surface area contributed by atoms with Crippen molar-refractivity contribution in [3.63, 3.8) is 0 Å². The van der Waals surface area contributed by atoms with Crippen molar-refractivity contribution in [1.29, 1.82) is 0 Å². The molecule has 3 aromatic carbocycles. The fourth-order valence-corrected chi connectivity index (χ4v) is 4.78. The van der Waals surface area contributed by atoms with Gasteiger partial charge in [-0.15, -0.1) is 11.8 Å². The van der Waals surface area contributed by atoms with Crippen LogP contribution in [0, 0.1) is 0 Å². The highest BCUT2D eigenvalue weighted by atomic mass is 32.2. The summed E-state index contributed by atoms with van der Waals surface area (Å²) < 4.78 is 5.44. The fourth-order valence-electron chi connectivity index (χ4n) is 3.61. The van der Waals surface area contributed by atoms with E-state index in [0.717, 1.165) is 37.7 Å². The third-order valence-corrected chi connectivity index (χ3v) is 6.78. The summed E-state index contributed by atoms with van der Waals surface area (Å²) in [7, 11) is 0. The Morgan fingerprint density at radius 1 is 0.969 bits per heavy atom. The smallest absolute Gasteiger partial charge is 0.171 e. The molecule has 1 heterocycles. The van der Waals surface area contributed by atoms with E-state index in [0.29, 0.717) is 5.11 Å². The van der Waals surface area contributed by atoms with Crippen molar-refractivity contribution in [2.24, 2.45) is 0 Å². The van der Waals surface area contributed by atoms with Crippen molar-refractivity contribution in [3.05, 3.63) is 90.0 Å². The van der Waals surface area contributed by atoms with Crippen LogP contribution in [0.3, 0.4) is 0 Å². The highest BCUT2D eigenvalue weighted by Crippen LogP contribution is 2.23. The summed E-state index contributed by atoms with van der Waals surface area (Å²) in [6.45, 7) is 5.62. The van der Waals surface area contributed by atoms with Crippen LogP contribution in [0.15, 0.2) is 83.8 Å². The second-order valence-electron chi connectivity index (χ2n) is 7.81. The summed E-state index contributed by atoms with van der Waals surface area (Å²) in [4.78, 5) is 3.65. The van der Waals surface area contributed by atoms with Gasteiger partial charge in [0.05, 0.1) is 19.3 Å². The summed E-state index contributed by atoms with van der Waals surface area (Å²) in [6, 6.07) is 27.8. The molecule has 1 aliphatic heterocycles. The van der Waals surface area contributed by atoms with Crippen LogP contribution < -0.4 is 15.5 Å². The molecule has 6 heteroatoms. The van der Waals surface area contributed by atoms with Crippen LogP contribution in [0.5, 0.6) is 0 Å². The molecule has 3 aromatic rings. The number of nitrogens with zero attached hydrogens (tertiary/aromatic N) is 1. The summed E-state index contributed by atoms with van der Waals surface area (Å²) in [5.74, 6) is 0.949. The van der Waals surface area contributed by atoms with Crippen molar-refractivity contribution < 1.29 is 4.74 Å². The molecule has 32 heavy (non-hydrogen) atoms. The summed E-state index contributed by atoms with van der Waals surface area (Å²) >= 11 is 7.38. The molecule has 1 aliphatic rings. The minimum absolute atomic E-state index is 0.121. The van der Waals surface area contributed by atoms with E-state index in [1.807, 2.05) is 17.8 Å². The molecule has 0 bridgehead atoms. The standard InChI is InChI=1S/C26H29N3OS2/c1-20(22-9-13-24(14-10-22)29-15-17-30-18-16-29)27-26(31)28-23-11-7-21(8-12-23)19-32-25-5-3-2-4-6-25/h2-14,20H,15-19H2,1H3,(H2,27,28,31)/t20-/m0/s1. The molecular weight excluding hydrogens is 434 g/mol. The van der Waals surface area contributed by atoms with Gasteiger partial charge in [-0.25, -0.2) is 0 Å². The van der Waals surface area contributed by atoms with Crippen molar-refractivity contribution >= 4 is 40.5 Å². The van der Waals surface area contributed by atoms with E-state index in [9.17, 15) is 0 Å². The zero-order chi connectivity index (χ0) is 22.2. The van der Waals surface area contributed by atoms with Gasteiger partial charge in [-0.2, -0.15) is 0 Å². The number of hydrogen-bond acceptors (Lipinski definition) is 4. The van der Waals surface area contributed by atoms with Gasteiger partial charge in [-0.1, -0.05) is 42.5 Å². The van der Waals surface area contributed by atoms with Gasteiger partial charge >= 0.3 is 0 Å². The summed E-state index contributed by atoms with van der Waals surface area (Å²) in [5.41, 5.74) is 4.73. The zero-order valence-corrected chi connectivity index (χ0v) is 19.9. The van der Waals surface area contributed by atoms with E-state index in [1.54, 1.807) is 0 Å². The SMILES string of the molecule is C[C@H](NC(=S)Nc1ccc(CSc2ccccc2)cc1)c1ccc(N2CCOCC2)cc1. The number of morpholine rings is 1. The second-order valence-corrected chi connectivity index (χ2v) is 9.27. The number of thiocarbonyl (C=S) groups is 1. The van der Waals surface area contributed by atoms with Crippen molar-refractivity contribution in [1.82, 2.24) is 5.32 Å². The molecule has 1 atom stereocenters. The zero-order valence-electron chi connectivity index (χ0n) is 18.3. The number of rotatable bonds is 7. The van der Waals surface area contributed by atoms with Crippen molar-refractivity contribution in [2.75, 3.05) is 36.5 Å². The molecule has 0 aromatic heterocycles. The lowest BCUT2D eigenvalue weighted by Gasteiger charge is -2.29. The first-order chi connectivity index (χ1) is 15.7. The Morgan fingerprint density at radius 3 is 2.34 bits per heavy atom. The van der Waals surface area contributed by atoms with E-state index in [-0.39, 0.29) is 6.04 Å². The number of nitrogens with one attached hydrogen (secondary N) is 2. The number of anilines is 2. The maximum absolute atomic E-state index is 5.54. The predicted octanol–water partition coefficient (Wildman–Crippen LogP) is 5.86. The van der Waals surface area contributed by atoms with Crippen molar-refractivity contribution in [3.8, 4) is 0 Å². The molecule has 0 unspecified atom stereocenters. The molecular formula is C26H29N3OS2. The normalized spacial score (nSPS) is 14.6. The average molecular weight is 464 g/mol. The van der Waals surface area contributed by atoms with Gasteiger partial charge in [-0.3, -0.25) is 0 Å². The molecule has 0 amide bonds. The van der Waals surface area contributed by atoms with E-state index in [1.165, 1.54) is 21.7 Å². The van der Waals surface area contributed by atoms with Crippen LogP contribution in [0.4, 0.5) is 11.4 Å². The van der Waals surface area contributed by atoms with Gasteiger partial charge in [0.15, 0.2) is 5.11 Å². The van der Waals surface area contributed by atoms with Gasteiger partial charge in [0.25, 0.3) is 0 Å². The fraction of sp³-hybridized carbons (Fsp3) is 0.269. The Hall–Kier alpha value is -2.54. The number of thioether (sulfide) groups is 1. The average Bonchev–Trinajstić information content (AvgIpc) is 2.85. The Morgan fingerprint density at radius 2 is 1.66 bits per heavy atom. The predicted molar refractivity (Wildman–Crippen MR) is 140 cm³/mol. The molecule has 0 aliphatic carbocycles. The minimum atomic E-state index is 0.121. The minimum Gasteiger partial charge on any atom is -0.378 e. The molecule has 0 spiro atoms. The van der Waals surface area contributed by atoms with E-state index >= 15 is 0 Å². The molecule has 166 valence electrons. The Kier molecular flexibility index (Phi) is 8.04. The van der Waals surface area contributed by atoms with Gasteiger partial charge in [0.2, 0.25) is 0 Å². The molecule has 4 rings (SSSR count). The molecule has 2 N–H and O–H groups in total. The van der Waals surface area contributed by atoms with E-state index in [4.69, 9.17) is 17.0 Å². The summed E-state index contributed by atoms with van der Waals surface area (Å²) in [6.07, 6.45) is 0. The quantitative estimate of drug-likeness (QED) is 0.337. The largest absolute Gasteiger partial charge is 0.378 e. The maximum Gasteiger partial charge on any atom is 0.171 e. The van der Waals surface area contributed by atoms with Crippen LogP contribution in [-0.4, -0.2) is 31.4 Å². The van der Waals surface area contributed by atoms with Crippen molar-refractivity contribution in [2.45, 2.75) is 23.6 Å². The molecule has 1 fully saturated rings. The Bertz CT molecular complexity index is 988. The van der Waals surface area contributed by atoms with Crippen LogP contribution in [-0.2, 0) is 10.5 Å². The van der Waals surface area contributed by atoms with Gasteiger partial charge in [0, 0.05) is 35.1 Å². The number of ether oxygens (including phenoxy) is 1. The highest BCUT2D eigenvalue weighted by molar-refractivity contribution is 7.98. The highest BCUT2D eigenvalue weighted by Gasteiger charge is 2.12. The first-order valence-electron chi connectivity index (χ1n) is 10.9. The molecule has 0 saturated carbocycles. The number of hydrogen-bond donors (Lipinski definition) is 2. The lowest BCUT2D eigenvalue weighted by Crippen LogP contribution is -2.36. The lowest BCUT2D eigenvalue weighted by molar-refractivity contribution is 0.122. The lowest BCUT2D eigenvalue weighted by atomic mass is 10.1. The first kappa shape index (κ1) is 22.6. The third-order valence-electron chi connectivity index (χ3n) is 5.48. The molecule has 1 saturated heterocycles. The topological polar surface area (TPSA) is 36.5 Å². The Labute approximate surface area is 200 Å². The molecule has 4 nitrogen and oxygen atoms in total. The van der Waals surface area contributed by atoms with Gasteiger partial charge in [0.1, 0.15) is 0 Å². The maximum atomic E-state index is 5.54. The van der Waals surface area contributed by atoms with E-state index in [2.05, 4.69) is 95.3 Å². The van der Waals surface area contributed by atoms with Crippen LogP contribution in [0.1, 0.15) is 24.1 Å². The van der Waals surface area contributed by atoms with Crippen LogP contribution in [0.2, 0.25) is 0 Å². The summed E-state index contributed by atoms with van der Waals surface area (Å²) in [5, 5.41) is 7.31. The van der Waals surface area contributed by atoms with Crippen LogP contribution in [0.25, 0.3) is 0 Å². The number of benzene rings is 3. The van der Waals surface area contributed by atoms with Gasteiger partial charge in [-0.05, 0) is 66.7 Å². The van der Waals surface area contributed by atoms with Crippen LogP contribution >= 0.6 is 24.0 Å². The Balaban J connectivity index is 1.25.